The molecule has 6 nitrogen and oxygen atoms in total. The average molecular weight is 448 g/mol. The molecule has 2 aromatic carbocycles. The first-order valence-electron chi connectivity index (χ1n) is 10.1. The lowest BCUT2D eigenvalue weighted by atomic mass is 10.1. The van der Waals surface area contributed by atoms with E-state index in [-0.39, 0.29) is 16.6 Å². The van der Waals surface area contributed by atoms with Crippen LogP contribution < -0.4 is 15.8 Å². The Morgan fingerprint density at radius 1 is 1.06 bits per heavy atom. The number of benzene rings is 2. The van der Waals surface area contributed by atoms with E-state index in [4.69, 9.17) is 0 Å². The van der Waals surface area contributed by atoms with Gasteiger partial charge in [-0.2, -0.15) is 13.2 Å². The van der Waals surface area contributed by atoms with E-state index in [1.807, 2.05) is 4.90 Å². The van der Waals surface area contributed by atoms with Crippen molar-refractivity contribution in [3.05, 3.63) is 64.5 Å². The molecule has 0 aliphatic carbocycles. The predicted molar refractivity (Wildman–Crippen MR) is 112 cm³/mol. The number of carbonyl (C=O) groups excluding carboxylic acids is 1. The van der Waals surface area contributed by atoms with Gasteiger partial charge in [0.05, 0.1) is 34.2 Å². The molecular weight excluding hydrogens is 428 g/mol. The summed E-state index contributed by atoms with van der Waals surface area (Å²) >= 11 is 0. The van der Waals surface area contributed by atoms with Crippen molar-refractivity contribution < 1.29 is 22.4 Å². The molecule has 1 fully saturated rings. The Morgan fingerprint density at radius 3 is 2.53 bits per heavy atom. The Morgan fingerprint density at radius 2 is 1.81 bits per heavy atom. The van der Waals surface area contributed by atoms with E-state index in [1.165, 1.54) is 12.1 Å². The molecule has 1 aromatic heterocycles. The molecule has 168 valence electrons. The third-order valence-electron chi connectivity index (χ3n) is 5.40. The highest BCUT2D eigenvalue weighted by molar-refractivity contribution is 5.94. The van der Waals surface area contributed by atoms with Crippen LogP contribution in [0.3, 0.4) is 0 Å². The van der Waals surface area contributed by atoms with E-state index < -0.39 is 35.6 Å². The molecule has 3 aromatic rings. The maximum atomic E-state index is 13.3. The standard InChI is InChI=1S/C22H20F4N4O2/c23-15-5-6-16-17(11-15)27-13-30(21(16)32)12-20(31)28-18-10-14(22(24,25)26)4-7-19(18)29-8-2-1-3-9-29/h4-7,10-11,13H,1-3,8-9,12H2,(H,28,31). The molecular formula is C22H20F4N4O2. The summed E-state index contributed by atoms with van der Waals surface area (Å²) in [7, 11) is 0. The van der Waals surface area contributed by atoms with Gasteiger partial charge in [-0.05, 0) is 49.6 Å². The summed E-state index contributed by atoms with van der Waals surface area (Å²) in [5.41, 5.74) is -0.733. The molecule has 32 heavy (non-hydrogen) atoms. The normalized spacial score (nSPS) is 14.6. The molecule has 0 radical (unpaired) electrons. The number of rotatable bonds is 4. The molecule has 10 heteroatoms. The fraction of sp³-hybridized carbons (Fsp3) is 0.318. The number of carbonyl (C=O) groups is 1. The van der Waals surface area contributed by atoms with Crippen LogP contribution in [-0.4, -0.2) is 28.5 Å². The second-order valence-corrected chi connectivity index (χ2v) is 7.66. The molecule has 2 heterocycles. The van der Waals surface area contributed by atoms with Gasteiger partial charge < -0.3 is 10.2 Å². The fourth-order valence-electron chi connectivity index (χ4n) is 3.81. The van der Waals surface area contributed by atoms with Crippen LogP contribution in [-0.2, 0) is 17.5 Å². The summed E-state index contributed by atoms with van der Waals surface area (Å²) in [5.74, 6) is -1.22. The maximum absolute atomic E-state index is 13.3. The van der Waals surface area contributed by atoms with E-state index in [0.29, 0.717) is 18.8 Å². The lowest BCUT2D eigenvalue weighted by molar-refractivity contribution is -0.137. The summed E-state index contributed by atoms with van der Waals surface area (Å²) in [6.45, 7) is 0.909. The number of hydrogen-bond acceptors (Lipinski definition) is 4. The summed E-state index contributed by atoms with van der Waals surface area (Å²) in [6.07, 6.45) is -0.587. The minimum atomic E-state index is -4.56. The van der Waals surface area contributed by atoms with Crippen molar-refractivity contribution in [1.82, 2.24) is 9.55 Å². The third-order valence-corrected chi connectivity index (χ3v) is 5.40. The van der Waals surface area contributed by atoms with Gasteiger partial charge in [0, 0.05) is 19.2 Å². The predicted octanol–water partition coefficient (Wildman–Crippen LogP) is 4.18. The molecule has 0 unspecified atom stereocenters. The van der Waals surface area contributed by atoms with Crippen LogP contribution in [0.2, 0.25) is 0 Å². The molecule has 0 spiro atoms. The van der Waals surface area contributed by atoms with Crippen LogP contribution in [0.25, 0.3) is 10.9 Å². The SMILES string of the molecule is O=C(Cn1cnc2cc(F)ccc2c1=O)Nc1cc(C(F)(F)F)ccc1N1CCCCC1. The fourth-order valence-corrected chi connectivity index (χ4v) is 3.81. The van der Waals surface area contributed by atoms with E-state index >= 15 is 0 Å². The van der Waals surface area contributed by atoms with Gasteiger partial charge in [0.1, 0.15) is 12.4 Å². The first kappa shape index (κ1) is 21.8. The lowest BCUT2D eigenvalue weighted by Crippen LogP contribution is -2.32. The van der Waals surface area contributed by atoms with Crippen LogP contribution in [0.5, 0.6) is 0 Å². The number of halogens is 4. The van der Waals surface area contributed by atoms with Crippen molar-refractivity contribution in [2.24, 2.45) is 0 Å². The van der Waals surface area contributed by atoms with Gasteiger partial charge in [-0.3, -0.25) is 14.2 Å². The van der Waals surface area contributed by atoms with Gasteiger partial charge in [0.25, 0.3) is 5.56 Å². The first-order chi connectivity index (χ1) is 15.2. The first-order valence-corrected chi connectivity index (χ1v) is 10.1. The lowest BCUT2D eigenvalue weighted by Gasteiger charge is -2.31. The van der Waals surface area contributed by atoms with E-state index in [1.54, 1.807) is 0 Å². The number of anilines is 2. The number of nitrogens with one attached hydrogen (secondary N) is 1. The van der Waals surface area contributed by atoms with Crippen molar-refractivity contribution in [3.8, 4) is 0 Å². The third kappa shape index (κ3) is 4.58. The number of fused-ring (bicyclic) bond motifs is 1. The van der Waals surface area contributed by atoms with Gasteiger partial charge >= 0.3 is 6.18 Å². The van der Waals surface area contributed by atoms with Crippen molar-refractivity contribution in [1.29, 1.82) is 0 Å². The highest BCUT2D eigenvalue weighted by Gasteiger charge is 2.32. The molecule has 1 amide bonds. The topological polar surface area (TPSA) is 67.2 Å². The van der Waals surface area contributed by atoms with Crippen LogP contribution >= 0.6 is 0 Å². The van der Waals surface area contributed by atoms with Crippen LogP contribution in [0.15, 0.2) is 47.5 Å². The van der Waals surface area contributed by atoms with E-state index in [2.05, 4.69) is 10.3 Å². The monoisotopic (exact) mass is 448 g/mol. The van der Waals surface area contributed by atoms with Crippen LogP contribution in [0, 0.1) is 5.82 Å². The zero-order valence-corrected chi connectivity index (χ0v) is 17.0. The van der Waals surface area contributed by atoms with Crippen molar-refractivity contribution in [2.45, 2.75) is 32.0 Å². The maximum Gasteiger partial charge on any atom is 0.416 e. The number of piperidine rings is 1. The summed E-state index contributed by atoms with van der Waals surface area (Å²) in [4.78, 5) is 31.2. The Kier molecular flexibility index (Phi) is 5.86. The van der Waals surface area contributed by atoms with Crippen molar-refractivity contribution in [3.63, 3.8) is 0 Å². The van der Waals surface area contributed by atoms with Crippen LogP contribution in [0.1, 0.15) is 24.8 Å². The van der Waals surface area contributed by atoms with Crippen molar-refractivity contribution >= 4 is 28.2 Å². The molecule has 0 atom stereocenters. The van der Waals surface area contributed by atoms with Crippen LogP contribution in [0.4, 0.5) is 28.9 Å². The summed E-state index contributed by atoms with van der Waals surface area (Å²) in [5, 5.41) is 2.66. The van der Waals surface area contributed by atoms with Gasteiger partial charge in [-0.1, -0.05) is 0 Å². The Bertz CT molecular complexity index is 1220. The number of nitrogens with zero attached hydrogens (tertiary/aromatic N) is 3. The number of alkyl halides is 3. The summed E-state index contributed by atoms with van der Waals surface area (Å²) in [6, 6.07) is 6.76. The Labute approximate surface area is 180 Å². The second kappa shape index (κ2) is 8.60. The number of aromatic nitrogens is 2. The van der Waals surface area contributed by atoms with E-state index in [0.717, 1.165) is 54.4 Å². The number of amides is 1. The second-order valence-electron chi connectivity index (χ2n) is 7.66. The number of hydrogen-bond donors (Lipinski definition) is 1. The van der Waals surface area contributed by atoms with Gasteiger partial charge in [-0.15, -0.1) is 0 Å². The zero-order chi connectivity index (χ0) is 22.9. The van der Waals surface area contributed by atoms with E-state index in [9.17, 15) is 27.2 Å². The quantitative estimate of drug-likeness (QED) is 0.608. The highest BCUT2D eigenvalue weighted by atomic mass is 19.4. The average Bonchev–Trinajstić information content (AvgIpc) is 2.75. The zero-order valence-electron chi connectivity index (χ0n) is 17.0. The molecule has 4 rings (SSSR count). The Balaban J connectivity index is 1.62. The largest absolute Gasteiger partial charge is 0.416 e. The minimum Gasteiger partial charge on any atom is -0.370 e. The molecule has 0 bridgehead atoms. The van der Waals surface area contributed by atoms with Gasteiger partial charge in [0.15, 0.2) is 0 Å². The minimum absolute atomic E-state index is 0.0376. The highest BCUT2D eigenvalue weighted by Crippen LogP contribution is 2.36. The molecule has 0 saturated carbocycles. The van der Waals surface area contributed by atoms with Crippen molar-refractivity contribution in [2.75, 3.05) is 23.3 Å². The molecule has 1 N–H and O–H groups in total. The smallest absolute Gasteiger partial charge is 0.370 e. The van der Waals surface area contributed by atoms with Gasteiger partial charge in [0.2, 0.25) is 5.91 Å². The molecule has 1 aliphatic rings. The molecule has 1 saturated heterocycles. The Hall–Kier alpha value is -3.43. The molecule has 1 aliphatic heterocycles. The summed E-state index contributed by atoms with van der Waals surface area (Å²) < 4.78 is 54.1. The van der Waals surface area contributed by atoms with Gasteiger partial charge in [-0.25, -0.2) is 9.37 Å².